The molecule has 0 amide bonds. The monoisotopic (exact) mass is 288 g/mol. The van der Waals surface area contributed by atoms with E-state index < -0.39 is 20.5 Å². The van der Waals surface area contributed by atoms with Gasteiger partial charge in [-0.2, -0.15) is 0 Å². The fraction of sp³-hybridized carbons (Fsp3) is 0.933. The Morgan fingerprint density at radius 3 is 2.05 bits per heavy atom. The molecule has 0 aliphatic rings. The largest absolute Gasteiger partial charge is 0.407 e. The summed E-state index contributed by atoms with van der Waals surface area (Å²) in [6, 6.07) is 0. The lowest BCUT2D eigenvalue weighted by Gasteiger charge is -2.38. The molecule has 0 fully saturated rings. The van der Waals surface area contributed by atoms with E-state index in [1.165, 1.54) is 0 Å². The lowest BCUT2D eigenvalue weighted by atomic mass is 10.0. The highest BCUT2D eigenvalue weighted by Crippen LogP contribution is 2.37. The summed E-state index contributed by atoms with van der Waals surface area (Å²) >= 11 is 0. The van der Waals surface area contributed by atoms with E-state index in [-0.39, 0.29) is 17.2 Å². The number of rotatable bonds is 7. The number of ketones is 1. The topological polar surface area (TPSA) is 46.5 Å². The number of carbonyl (C=O) groups is 1. The normalized spacial score (nSPS) is 16.5. The van der Waals surface area contributed by atoms with Crippen LogP contribution in [0.3, 0.4) is 0 Å². The van der Waals surface area contributed by atoms with Crippen molar-refractivity contribution in [2.24, 2.45) is 5.92 Å². The summed E-state index contributed by atoms with van der Waals surface area (Å²) in [5, 5.41) is 9.93. The maximum absolute atomic E-state index is 12.1. The molecule has 0 saturated heterocycles. The summed E-state index contributed by atoms with van der Waals surface area (Å²) < 4.78 is 6.05. The van der Waals surface area contributed by atoms with Gasteiger partial charge in [0.05, 0.1) is 6.10 Å². The fourth-order valence-electron chi connectivity index (χ4n) is 1.71. The van der Waals surface area contributed by atoms with Crippen molar-refractivity contribution in [2.45, 2.75) is 84.7 Å². The third-order valence-electron chi connectivity index (χ3n) is 3.91. The van der Waals surface area contributed by atoms with E-state index in [0.29, 0.717) is 12.3 Å². The van der Waals surface area contributed by atoms with Crippen LogP contribution >= 0.6 is 0 Å². The highest BCUT2D eigenvalue weighted by Gasteiger charge is 2.39. The molecule has 0 heterocycles. The van der Waals surface area contributed by atoms with Gasteiger partial charge in [0.1, 0.15) is 6.10 Å². The van der Waals surface area contributed by atoms with Gasteiger partial charge in [0.15, 0.2) is 14.1 Å². The number of hydrogen-bond acceptors (Lipinski definition) is 3. The molecule has 0 saturated carbocycles. The zero-order chi connectivity index (χ0) is 15.4. The van der Waals surface area contributed by atoms with Crippen LogP contribution in [-0.2, 0) is 9.22 Å². The molecular weight excluding hydrogens is 256 g/mol. The first-order valence-electron chi connectivity index (χ1n) is 7.25. The van der Waals surface area contributed by atoms with Crippen LogP contribution in [0.15, 0.2) is 0 Å². The third-order valence-corrected chi connectivity index (χ3v) is 8.47. The number of hydrogen-bond donors (Lipinski definition) is 1. The quantitative estimate of drug-likeness (QED) is 0.726. The van der Waals surface area contributed by atoms with Crippen molar-refractivity contribution in [3.8, 4) is 0 Å². The molecule has 0 unspecified atom stereocenters. The van der Waals surface area contributed by atoms with E-state index in [9.17, 15) is 9.90 Å². The van der Waals surface area contributed by atoms with E-state index in [4.69, 9.17) is 4.43 Å². The van der Waals surface area contributed by atoms with Gasteiger partial charge in [-0.3, -0.25) is 4.79 Å². The van der Waals surface area contributed by atoms with Gasteiger partial charge < -0.3 is 9.53 Å². The van der Waals surface area contributed by atoms with Gasteiger partial charge in [0.25, 0.3) is 0 Å². The first-order chi connectivity index (χ1) is 8.36. The van der Waals surface area contributed by atoms with Crippen molar-refractivity contribution in [1.29, 1.82) is 0 Å². The lowest BCUT2D eigenvalue weighted by molar-refractivity contribution is -0.127. The van der Waals surface area contributed by atoms with Crippen molar-refractivity contribution in [1.82, 2.24) is 0 Å². The Hall–Kier alpha value is -0.193. The van der Waals surface area contributed by atoms with Gasteiger partial charge in [-0.1, -0.05) is 34.6 Å². The molecule has 0 aliphatic carbocycles. The van der Waals surface area contributed by atoms with Crippen molar-refractivity contribution in [3.05, 3.63) is 0 Å². The average molecular weight is 289 g/mol. The predicted molar refractivity (Wildman–Crippen MR) is 82.8 cm³/mol. The Kier molecular flexibility index (Phi) is 6.93. The minimum atomic E-state index is -1.92. The molecule has 0 rings (SSSR count). The van der Waals surface area contributed by atoms with E-state index in [0.717, 1.165) is 0 Å². The summed E-state index contributed by atoms with van der Waals surface area (Å²) in [5.41, 5.74) is 0. The summed E-state index contributed by atoms with van der Waals surface area (Å²) in [5.74, 6) is 0.414. The molecule has 4 heteroatoms. The van der Waals surface area contributed by atoms with E-state index in [1.54, 1.807) is 0 Å². The maximum Gasteiger partial charge on any atom is 0.193 e. The molecule has 0 aliphatic heterocycles. The molecule has 19 heavy (non-hydrogen) atoms. The predicted octanol–water partition coefficient (Wildman–Crippen LogP) is 3.76. The van der Waals surface area contributed by atoms with E-state index in [1.807, 2.05) is 20.8 Å². The van der Waals surface area contributed by atoms with Gasteiger partial charge in [0.2, 0.25) is 0 Å². The summed E-state index contributed by atoms with van der Waals surface area (Å²) in [6.07, 6.45) is -0.0901. The molecule has 0 bridgehead atoms. The van der Waals surface area contributed by atoms with E-state index in [2.05, 4.69) is 33.9 Å². The second kappa shape index (κ2) is 7.00. The minimum absolute atomic E-state index is 0.0120. The molecule has 0 radical (unpaired) electrons. The van der Waals surface area contributed by atoms with Crippen LogP contribution in [0.2, 0.25) is 18.1 Å². The van der Waals surface area contributed by atoms with Gasteiger partial charge in [-0.25, -0.2) is 0 Å². The first kappa shape index (κ1) is 18.8. The Balaban J connectivity index is 4.43. The Morgan fingerprint density at radius 1 is 1.21 bits per heavy atom. The highest BCUT2D eigenvalue weighted by atomic mass is 28.4. The van der Waals surface area contributed by atoms with Crippen LogP contribution in [0.1, 0.15) is 54.4 Å². The number of aliphatic hydroxyl groups excluding tert-OH is 1. The van der Waals surface area contributed by atoms with Gasteiger partial charge in [-0.15, -0.1) is 0 Å². The standard InChI is InChI=1S/C15H32O3Si/c1-11(2)9-13(16)10-14(17)12(3)18-19(7,8)15(4,5)6/h11-13,16H,9-10H2,1-8H3/t12-,13-/m0/s1. The number of carbonyl (C=O) groups excluding carboxylic acids is 1. The average Bonchev–Trinajstić information content (AvgIpc) is 2.12. The van der Waals surface area contributed by atoms with Crippen molar-refractivity contribution in [2.75, 3.05) is 0 Å². The Morgan fingerprint density at radius 2 is 1.68 bits per heavy atom. The van der Waals surface area contributed by atoms with Gasteiger partial charge in [-0.05, 0) is 37.4 Å². The van der Waals surface area contributed by atoms with Crippen molar-refractivity contribution >= 4 is 14.1 Å². The molecular formula is C15H32O3Si. The zero-order valence-electron chi connectivity index (χ0n) is 13.9. The summed E-state index contributed by atoms with van der Waals surface area (Å²) in [7, 11) is -1.92. The first-order valence-corrected chi connectivity index (χ1v) is 10.2. The number of Topliss-reactive ketones (excluding diaryl/α,β-unsaturated/α-hetero) is 1. The Labute approximate surface area is 119 Å². The molecule has 114 valence electrons. The Bertz CT molecular complexity index is 292. The second-order valence-corrected chi connectivity index (χ2v) is 12.2. The van der Waals surface area contributed by atoms with Crippen LogP contribution in [-0.4, -0.2) is 31.4 Å². The van der Waals surface area contributed by atoms with Gasteiger partial charge >= 0.3 is 0 Å². The van der Waals surface area contributed by atoms with Crippen LogP contribution in [0.25, 0.3) is 0 Å². The zero-order valence-corrected chi connectivity index (χ0v) is 14.9. The van der Waals surface area contributed by atoms with E-state index >= 15 is 0 Å². The minimum Gasteiger partial charge on any atom is -0.407 e. The smallest absolute Gasteiger partial charge is 0.193 e. The molecule has 0 aromatic carbocycles. The fourth-order valence-corrected chi connectivity index (χ4v) is 3.08. The molecule has 0 spiro atoms. The summed E-state index contributed by atoms with van der Waals surface area (Å²) in [6.45, 7) is 16.7. The molecule has 0 aromatic rings. The molecule has 3 nitrogen and oxygen atoms in total. The van der Waals surface area contributed by atoms with Gasteiger partial charge in [0, 0.05) is 6.42 Å². The van der Waals surface area contributed by atoms with Crippen LogP contribution < -0.4 is 0 Å². The second-order valence-electron chi connectivity index (χ2n) is 7.47. The van der Waals surface area contributed by atoms with Crippen LogP contribution in [0, 0.1) is 5.92 Å². The molecule has 1 N–H and O–H groups in total. The summed E-state index contributed by atoms with van der Waals surface area (Å²) in [4.78, 5) is 12.1. The molecule has 2 atom stereocenters. The third kappa shape index (κ3) is 6.68. The highest BCUT2D eigenvalue weighted by molar-refractivity contribution is 6.74. The lowest BCUT2D eigenvalue weighted by Crippen LogP contribution is -2.45. The van der Waals surface area contributed by atoms with Crippen molar-refractivity contribution in [3.63, 3.8) is 0 Å². The van der Waals surface area contributed by atoms with Crippen molar-refractivity contribution < 1.29 is 14.3 Å². The maximum atomic E-state index is 12.1. The number of aliphatic hydroxyl groups is 1. The van der Waals surface area contributed by atoms with Crippen LogP contribution in [0.4, 0.5) is 0 Å². The SMILES string of the molecule is CC(C)C[C@H](O)CC(=O)[C@H](C)O[Si](C)(C)C(C)(C)C. The molecule has 0 aromatic heterocycles. The van der Waals surface area contributed by atoms with Crippen LogP contribution in [0.5, 0.6) is 0 Å².